The van der Waals surface area contributed by atoms with E-state index < -0.39 is 15.6 Å². The maximum atomic E-state index is 12.0. The van der Waals surface area contributed by atoms with Gasteiger partial charge in [-0.15, -0.1) is 0 Å². The van der Waals surface area contributed by atoms with Crippen molar-refractivity contribution >= 4 is 21.6 Å². The molecule has 0 bridgehead atoms. The van der Waals surface area contributed by atoms with Crippen molar-refractivity contribution in [3.05, 3.63) is 29.8 Å². The van der Waals surface area contributed by atoms with E-state index in [0.29, 0.717) is 24.2 Å². The average Bonchev–Trinajstić information content (AvgIpc) is 2.38. The Bertz CT molecular complexity index is 580. The van der Waals surface area contributed by atoms with E-state index in [1.54, 1.807) is 31.2 Å². The van der Waals surface area contributed by atoms with Crippen molar-refractivity contribution in [1.82, 2.24) is 5.32 Å². The number of rotatable bonds is 7. The van der Waals surface area contributed by atoms with Gasteiger partial charge in [-0.1, -0.05) is 6.92 Å². The number of sulfonamides is 1. The standard InChI is InChI=1S/C14H23N3O3S/c1-4-9-21(19,20)17-12-7-5-11(6-8-12)13(18)16-14(2,3)10-15/h5-8,17H,4,9-10,15H2,1-3H3,(H,16,18). The SMILES string of the molecule is CCCS(=O)(=O)Nc1ccc(C(=O)NC(C)(C)CN)cc1. The van der Waals surface area contributed by atoms with Gasteiger partial charge in [0.25, 0.3) is 5.91 Å². The summed E-state index contributed by atoms with van der Waals surface area (Å²) >= 11 is 0. The lowest BCUT2D eigenvalue weighted by Crippen LogP contribution is -2.48. The van der Waals surface area contributed by atoms with Gasteiger partial charge in [-0.25, -0.2) is 8.42 Å². The molecule has 21 heavy (non-hydrogen) atoms. The third kappa shape index (κ3) is 5.73. The summed E-state index contributed by atoms with van der Waals surface area (Å²) in [6, 6.07) is 6.28. The monoisotopic (exact) mass is 313 g/mol. The molecule has 1 aromatic rings. The summed E-state index contributed by atoms with van der Waals surface area (Å²) in [7, 11) is -3.32. The third-order valence-corrected chi connectivity index (χ3v) is 4.35. The Morgan fingerprint density at radius 2 is 1.81 bits per heavy atom. The highest BCUT2D eigenvalue weighted by Crippen LogP contribution is 2.13. The second kappa shape index (κ2) is 6.91. The Kier molecular flexibility index (Phi) is 5.74. The molecule has 6 nitrogen and oxygen atoms in total. The fourth-order valence-corrected chi connectivity index (χ4v) is 2.75. The first kappa shape index (κ1) is 17.5. The van der Waals surface area contributed by atoms with Crippen LogP contribution >= 0.6 is 0 Å². The van der Waals surface area contributed by atoms with E-state index in [-0.39, 0.29) is 11.7 Å². The highest BCUT2D eigenvalue weighted by atomic mass is 32.2. The largest absolute Gasteiger partial charge is 0.346 e. The van der Waals surface area contributed by atoms with Crippen molar-refractivity contribution in [1.29, 1.82) is 0 Å². The average molecular weight is 313 g/mol. The number of nitrogens with one attached hydrogen (secondary N) is 2. The van der Waals surface area contributed by atoms with Crippen LogP contribution in [0, 0.1) is 0 Å². The lowest BCUT2D eigenvalue weighted by atomic mass is 10.1. The summed E-state index contributed by atoms with van der Waals surface area (Å²) in [6.45, 7) is 5.79. The molecule has 0 heterocycles. The van der Waals surface area contributed by atoms with Crippen LogP contribution in [-0.2, 0) is 10.0 Å². The first-order valence-corrected chi connectivity index (χ1v) is 8.47. The fraction of sp³-hybridized carbons (Fsp3) is 0.500. The molecule has 1 amide bonds. The van der Waals surface area contributed by atoms with Gasteiger partial charge >= 0.3 is 0 Å². The number of hydrogen-bond acceptors (Lipinski definition) is 4. The normalized spacial score (nSPS) is 12.0. The van der Waals surface area contributed by atoms with Crippen LogP contribution < -0.4 is 15.8 Å². The summed E-state index contributed by atoms with van der Waals surface area (Å²) in [5.74, 6) is -0.173. The van der Waals surface area contributed by atoms with E-state index in [1.165, 1.54) is 0 Å². The number of nitrogens with two attached hydrogens (primary N) is 1. The molecule has 0 aromatic heterocycles. The predicted molar refractivity (Wildman–Crippen MR) is 84.7 cm³/mol. The van der Waals surface area contributed by atoms with E-state index in [2.05, 4.69) is 10.0 Å². The van der Waals surface area contributed by atoms with Gasteiger partial charge in [0.05, 0.1) is 5.75 Å². The summed E-state index contributed by atoms with van der Waals surface area (Å²) in [6.07, 6.45) is 0.546. The molecule has 1 rings (SSSR count). The maximum absolute atomic E-state index is 12.0. The second-order valence-corrected chi connectivity index (χ2v) is 7.38. The number of carbonyl (C=O) groups excluding carboxylic acids is 1. The summed E-state index contributed by atoms with van der Waals surface area (Å²) in [4.78, 5) is 12.0. The van der Waals surface area contributed by atoms with Crippen molar-refractivity contribution in [3.8, 4) is 0 Å². The Labute approximate surface area is 126 Å². The quantitative estimate of drug-likeness (QED) is 0.706. The maximum Gasteiger partial charge on any atom is 0.251 e. The highest BCUT2D eigenvalue weighted by molar-refractivity contribution is 7.92. The second-order valence-electron chi connectivity index (χ2n) is 5.54. The molecule has 0 spiro atoms. The van der Waals surface area contributed by atoms with Crippen LogP contribution in [-0.4, -0.2) is 32.2 Å². The minimum Gasteiger partial charge on any atom is -0.346 e. The molecule has 1 aromatic carbocycles. The number of anilines is 1. The predicted octanol–water partition coefficient (Wildman–Crippen LogP) is 1.31. The molecule has 118 valence electrons. The Hall–Kier alpha value is -1.60. The molecule has 0 aliphatic heterocycles. The van der Waals surface area contributed by atoms with Gasteiger partial charge in [0, 0.05) is 23.3 Å². The third-order valence-electron chi connectivity index (χ3n) is 2.86. The van der Waals surface area contributed by atoms with Crippen LogP contribution in [0.1, 0.15) is 37.6 Å². The number of carbonyl (C=O) groups is 1. The molecule has 0 saturated carbocycles. The van der Waals surface area contributed by atoms with Crippen LogP contribution in [0.2, 0.25) is 0 Å². The van der Waals surface area contributed by atoms with Crippen molar-refractivity contribution < 1.29 is 13.2 Å². The molecule has 0 atom stereocenters. The van der Waals surface area contributed by atoms with Crippen molar-refractivity contribution in [3.63, 3.8) is 0 Å². The zero-order chi connectivity index (χ0) is 16.1. The van der Waals surface area contributed by atoms with E-state index in [0.717, 1.165) is 0 Å². The van der Waals surface area contributed by atoms with Crippen LogP contribution in [0.3, 0.4) is 0 Å². The Morgan fingerprint density at radius 1 is 1.24 bits per heavy atom. The molecule has 4 N–H and O–H groups in total. The summed E-state index contributed by atoms with van der Waals surface area (Å²) in [5.41, 5.74) is 5.97. The van der Waals surface area contributed by atoms with E-state index in [4.69, 9.17) is 5.73 Å². The molecule has 7 heteroatoms. The van der Waals surface area contributed by atoms with E-state index in [1.807, 2.05) is 13.8 Å². The van der Waals surface area contributed by atoms with Gasteiger partial charge in [0.1, 0.15) is 0 Å². The first-order valence-electron chi connectivity index (χ1n) is 6.82. The van der Waals surface area contributed by atoms with Gasteiger partial charge in [-0.05, 0) is 44.5 Å². The molecular weight excluding hydrogens is 290 g/mol. The van der Waals surface area contributed by atoms with Gasteiger partial charge in [-0.2, -0.15) is 0 Å². The van der Waals surface area contributed by atoms with E-state index in [9.17, 15) is 13.2 Å². The van der Waals surface area contributed by atoms with Crippen molar-refractivity contribution in [2.75, 3.05) is 17.0 Å². The Balaban J connectivity index is 2.77. The number of hydrogen-bond donors (Lipinski definition) is 3. The van der Waals surface area contributed by atoms with Gasteiger partial charge < -0.3 is 11.1 Å². The molecule has 0 aliphatic rings. The first-order chi connectivity index (χ1) is 9.69. The lowest BCUT2D eigenvalue weighted by molar-refractivity contribution is 0.0915. The van der Waals surface area contributed by atoms with Crippen molar-refractivity contribution in [2.45, 2.75) is 32.7 Å². The molecule has 0 unspecified atom stereocenters. The fourth-order valence-electron chi connectivity index (χ4n) is 1.62. The smallest absolute Gasteiger partial charge is 0.251 e. The van der Waals surface area contributed by atoms with Gasteiger partial charge in [-0.3, -0.25) is 9.52 Å². The topological polar surface area (TPSA) is 101 Å². The minimum atomic E-state index is -3.32. The van der Waals surface area contributed by atoms with Crippen LogP contribution in [0.5, 0.6) is 0 Å². The van der Waals surface area contributed by atoms with Gasteiger partial charge in [0.2, 0.25) is 10.0 Å². The van der Waals surface area contributed by atoms with Crippen LogP contribution in [0.4, 0.5) is 5.69 Å². The van der Waals surface area contributed by atoms with Crippen molar-refractivity contribution in [2.24, 2.45) is 5.73 Å². The molecular formula is C14H23N3O3S. The van der Waals surface area contributed by atoms with Gasteiger partial charge in [0.15, 0.2) is 0 Å². The summed E-state index contributed by atoms with van der Waals surface area (Å²) < 4.78 is 25.7. The molecule has 0 saturated heterocycles. The molecule has 0 radical (unpaired) electrons. The number of benzene rings is 1. The zero-order valence-electron chi connectivity index (χ0n) is 12.6. The molecule has 0 fully saturated rings. The van der Waals surface area contributed by atoms with E-state index >= 15 is 0 Å². The zero-order valence-corrected chi connectivity index (χ0v) is 13.5. The number of amides is 1. The minimum absolute atomic E-state index is 0.0694. The molecule has 0 aliphatic carbocycles. The highest BCUT2D eigenvalue weighted by Gasteiger charge is 2.19. The summed E-state index contributed by atoms with van der Waals surface area (Å²) in [5, 5.41) is 2.81. The van der Waals surface area contributed by atoms with Crippen LogP contribution in [0.15, 0.2) is 24.3 Å². The Morgan fingerprint density at radius 3 is 2.29 bits per heavy atom. The van der Waals surface area contributed by atoms with Crippen LogP contribution in [0.25, 0.3) is 0 Å². The lowest BCUT2D eigenvalue weighted by Gasteiger charge is -2.24.